The molecule has 48 valence electrons. The highest BCUT2D eigenvalue weighted by Crippen LogP contribution is 2.03. The van der Waals surface area contributed by atoms with E-state index in [-0.39, 0.29) is 0 Å². The first-order valence-electron chi connectivity index (χ1n) is 2.81. The van der Waals surface area contributed by atoms with Gasteiger partial charge in [-0.05, 0) is 18.4 Å². The first kappa shape index (κ1) is 6.38. The molecule has 1 atom stereocenters. The van der Waals surface area contributed by atoms with Crippen LogP contribution in [-0.4, -0.2) is 6.04 Å². The molecule has 0 aromatic rings. The third-order valence-electron chi connectivity index (χ3n) is 1.20. The van der Waals surface area contributed by atoms with Crippen LogP contribution in [0.25, 0.3) is 0 Å². The van der Waals surface area contributed by atoms with Gasteiger partial charge in [0.1, 0.15) is 6.04 Å². The van der Waals surface area contributed by atoms with Gasteiger partial charge in [0.15, 0.2) is 0 Å². The second-order valence-electron chi connectivity index (χ2n) is 1.82. The molecule has 1 aliphatic heterocycles. The molecule has 1 aliphatic rings. The number of hydrogen-bond acceptors (Lipinski definition) is 3. The van der Waals surface area contributed by atoms with Gasteiger partial charge in [0.05, 0.1) is 17.7 Å². The molecule has 0 spiro atoms. The lowest BCUT2D eigenvalue weighted by Crippen LogP contribution is -2.25. The van der Waals surface area contributed by atoms with E-state index >= 15 is 0 Å². The van der Waals surface area contributed by atoms with E-state index in [1.54, 1.807) is 18.4 Å². The topological polar surface area (TPSA) is 59.6 Å². The van der Waals surface area contributed by atoms with Crippen LogP contribution in [-0.2, 0) is 0 Å². The van der Waals surface area contributed by atoms with Crippen molar-refractivity contribution in [1.29, 1.82) is 10.5 Å². The smallest absolute Gasteiger partial charge is 0.149 e. The van der Waals surface area contributed by atoms with Crippen molar-refractivity contribution >= 4 is 0 Å². The molecule has 3 heteroatoms. The van der Waals surface area contributed by atoms with Gasteiger partial charge in [0.25, 0.3) is 0 Å². The van der Waals surface area contributed by atoms with Crippen LogP contribution >= 0.6 is 0 Å². The molecule has 1 N–H and O–H groups in total. The summed E-state index contributed by atoms with van der Waals surface area (Å²) in [5.74, 6) is 0. The summed E-state index contributed by atoms with van der Waals surface area (Å²) in [5, 5.41) is 19.6. The van der Waals surface area contributed by atoms with Crippen LogP contribution < -0.4 is 5.32 Å². The van der Waals surface area contributed by atoms with Gasteiger partial charge in [-0.2, -0.15) is 10.5 Å². The van der Waals surface area contributed by atoms with E-state index in [9.17, 15) is 0 Å². The van der Waals surface area contributed by atoms with Gasteiger partial charge in [-0.3, -0.25) is 0 Å². The van der Waals surface area contributed by atoms with Crippen LogP contribution in [0.3, 0.4) is 0 Å². The Labute approximate surface area is 58.9 Å². The van der Waals surface area contributed by atoms with Crippen LogP contribution in [0.1, 0.15) is 0 Å². The zero-order chi connectivity index (χ0) is 7.40. The predicted molar refractivity (Wildman–Crippen MR) is 35.4 cm³/mol. The standard InChI is InChI=1S/C7H5N3/c8-4-6-2-1-3-10-7(6)5-9/h1-3,7,10H. The van der Waals surface area contributed by atoms with Crippen LogP contribution in [0.15, 0.2) is 23.9 Å². The van der Waals surface area contributed by atoms with Crippen LogP contribution in [0.2, 0.25) is 0 Å². The minimum Gasteiger partial charge on any atom is -0.372 e. The van der Waals surface area contributed by atoms with E-state index in [1.807, 2.05) is 12.1 Å². The highest BCUT2D eigenvalue weighted by atomic mass is 14.9. The molecule has 0 aliphatic carbocycles. The summed E-state index contributed by atoms with van der Waals surface area (Å²) in [4.78, 5) is 0. The summed E-state index contributed by atoms with van der Waals surface area (Å²) in [5.41, 5.74) is 0.463. The zero-order valence-electron chi connectivity index (χ0n) is 5.20. The second-order valence-corrected chi connectivity index (χ2v) is 1.82. The van der Waals surface area contributed by atoms with E-state index < -0.39 is 6.04 Å². The van der Waals surface area contributed by atoms with Crippen molar-refractivity contribution in [2.75, 3.05) is 0 Å². The average molecular weight is 131 g/mol. The molecule has 0 aromatic carbocycles. The molecule has 0 aromatic heterocycles. The SMILES string of the molecule is N#CC1=CC=CNC1C#N. The van der Waals surface area contributed by atoms with Gasteiger partial charge >= 0.3 is 0 Å². The maximum absolute atomic E-state index is 8.45. The Morgan fingerprint density at radius 3 is 2.80 bits per heavy atom. The predicted octanol–water partition coefficient (Wildman–Crippen LogP) is 0.445. The van der Waals surface area contributed by atoms with Gasteiger partial charge < -0.3 is 5.32 Å². The third kappa shape index (κ3) is 0.985. The summed E-state index contributed by atoms with van der Waals surface area (Å²) in [7, 11) is 0. The van der Waals surface area contributed by atoms with E-state index in [2.05, 4.69) is 5.32 Å². The van der Waals surface area contributed by atoms with Crippen LogP contribution in [0.5, 0.6) is 0 Å². The summed E-state index contributed by atoms with van der Waals surface area (Å²) in [6, 6.07) is 3.42. The lowest BCUT2D eigenvalue weighted by molar-refractivity contribution is 0.814. The Hall–Kier alpha value is -1.74. The van der Waals surface area contributed by atoms with Gasteiger partial charge in [0, 0.05) is 0 Å². The normalized spacial score (nSPS) is 21.8. The number of nitriles is 2. The number of allylic oxidation sites excluding steroid dienone is 2. The van der Waals surface area contributed by atoms with Crippen LogP contribution in [0, 0.1) is 22.7 Å². The van der Waals surface area contributed by atoms with Crippen LogP contribution in [0.4, 0.5) is 0 Å². The molecule has 10 heavy (non-hydrogen) atoms. The number of nitrogens with one attached hydrogen (secondary N) is 1. The van der Waals surface area contributed by atoms with E-state index in [1.165, 1.54) is 0 Å². The maximum Gasteiger partial charge on any atom is 0.149 e. The molecule has 0 saturated carbocycles. The minimum atomic E-state index is -0.463. The molecule has 0 fully saturated rings. The molecular weight excluding hydrogens is 126 g/mol. The Bertz CT molecular complexity index is 262. The summed E-state index contributed by atoms with van der Waals surface area (Å²) in [6.45, 7) is 0. The fourth-order valence-electron chi connectivity index (χ4n) is 0.698. The lowest BCUT2D eigenvalue weighted by Gasteiger charge is -2.09. The monoisotopic (exact) mass is 131 g/mol. The van der Waals surface area contributed by atoms with Crippen molar-refractivity contribution < 1.29 is 0 Å². The third-order valence-corrected chi connectivity index (χ3v) is 1.20. The minimum absolute atomic E-state index is 0.463. The zero-order valence-corrected chi connectivity index (χ0v) is 5.20. The van der Waals surface area contributed by atoms with Crippen molar-refractivity contribution in [2.45, 2.75) is 6.04 Å². The van der Waals surface area contributed by atoms with E-state index in [0.29, 0.717) is 5.57 Å². The summed E-state index contributed by atoms with van der Waals surface area (Å²) >= 11 is 0. The fourth-order valence-corrected chi connectivity index (χ4v) is 0.698. The molecule has 3 nitrogen and oxygen atoms in total. The van der Waals surface area contributed by atoms with Crippen molar-refractivity contribution in [3.8, 4) is 12.1 Å². The highest BCUT2D eigenvalue weighted by Gasteiger charge is 2.11. The number of nitrogens with zero attached hydrogens (tertiary/aromatic N) is 2. The molecule has 0 saturated heterocycles. The Morgan fingerprint density at radius 1 is 1.50 bits per heavy atom. The summed E-state index contributed by atoms with van der Waals surface area (Å²) < 4.78 is 0. The van der Waals surface area contributed by atoms with Gasteiger partial charge in [-0.15, -0.1) is 0 Å². The number of hydrogen-bond donors (Lipinski definition) is 1. The Morgan fingerprint density at radius 2 is 2.30 bits per heavy atom. The number of dihydropyridines is 1. The second kappa shape index (κ2) is 2.70. The maximum atomic E-state index is 8.45. The van der Waals surface area contributed by atoms with Gasteiger partial charge in [-0.25, -0.2) is 0 Å². The van der Waals surface area contributed by atoms with Crippen molar-refractivity contribution in [1.82, 2.24) is 5.32 Å². The van der Waals surface area contributed by atoms with Gasteiger partial charge in [0.2, 0.25) is 0 Å². The molecule has 1 unspecified atom stereocenters. The first-order valence-corrected chi connectivity index (χ1v) is 2.81. The first-order chi connectivity index (χ1) is 4.88. The molecular formula is C7H5N3. The quantitative estimate of drug-likeness (QED) is 0.519. The lowest BCUT2D eigenvalue weighted by atomic mass is 10.1. The van der Waals surface area contributed by atoms with E-state index in [4.69, 9.17) is 10.5 Å². The largest absolute Gasteiger partial charge is 0.372 e. The number of rotatable bonds is 0. The molecule has 1 rings (SSSR count). The molecule has 0 bridgehead atoms. The molecule has 0 amide bonds. The fraction of sp³-hybridized carbons (Fsp3) is 0.143. The van der Waals surface area contributed by atoms with Crippen molar-refractivity contribution in [2.24, 2.45) is 0 Å². The Balaban J connectivity index is 2.86. The van der Waals surface area contributed by atoms with Crippen molar-refractivity contribution in [3.63, 3.8) is 0 Å². The Kier molecular flexibility index (Phi) is 1.72. The highest BCUT2D eigenvalue weighted by molar-refractivity contribution is 5.38. The van der Waals surface area contributed by atoms with Crippen molar-refractivity contribution in [3.05, 3.63) is 23.9 Å². The van der Waals surface area contributed by atoms with E-state index in [0.717, 1.165) is 0 Å². The van der Waals surface area contributed by atoms with Gasteiger partial charge in [-0.1, -0.05) is 0 Å². The summed E-state index contributed by atoms with van der Waals surface area (Å²) in [6.07, 6.45) is 4.98. The molecule has 0 radical (unpaired) electrons. The average Bonchev–Trinajstić information content (AvgIpc) is 2.04. The molecule has 1 heterocycles.